The fourth-order valence-corrected chi connectivity index (χ4v) is 1.27. The number of ether oxygens (including phenoxy) is 1. The van der Waals surface area contributed by atoms with Crippen LogP contribution in [0.1, 0.15) is 0 Å². The van der Waals surface area contributed by atoms with E-state index in [1.165, 1.54) is 12.1 Å². The molecule has 16 heavy (non-hydrogen) atoms. The maximum absolute atomic E-state index is 12.5. The van der Waals surface area contributed by atoms with Gasteiger partial charge in [0.2, 0.25) is 0 Å². The lowest BCUT2D eigenvalue weighted by atomic mass is 10.2. The van der Waals surface area contributed by atoms with Crippen LogP contribution in [0.5, 0.6) is 5.75 Å². The third-order valence-electron chi connectivity index (χ3n) is 2.11. The summed E-state index contributed by atoms with van der Waals surface area (Å²) in [7, 11) is 0. The van der Waals surface area contributed by atoms with Gasteiger partial charge in [-0.3, -0.25) is 0 Å². The van der Waals surface area contributed by atoms with Gasteiger partial charge in [0.15, 0.2) is 0 Å². The van der Waals surface area contributed by atoms with Gasteiger partial charge in [-0.15, -0.1) is 0 Å². The van der Waals surface area contributed by atoms with E-state index < -0.39 is 12.0 Å². The summed E-state index contributed by atoms with van der Waals surface area (Å²) in [6.45, 7) is 0. The molecule has 0 saturated heterocycles. The van der Waals surface area contributed by atoms with Crippen LogP contribution in [-0.2, 0) is 0 Å². The Morgan fingerprint density at radius 3 is 2.62 bits per heavy atom. The van der Waals surface area contributed by atoms with Crippen LogP contribution in [0.4, 0.5) is 18.9 Å². The molecular formula is C10H8F3NO2. The maximum Gasteiger partial charge on any atom is 0.459 e. The average molecular weight is 231 g/mol. The topological polar surface area (TPSA) is 41.5 Å². The molecule has 6 heteroatoms. The molecule has 0 aliphatic carbocycles. The van der Waals surface area contributed by atoms with Crippen LogP contribution in [0.15, 0.2) is 36.5 Å². The second kappa shape index (κ2) is 3.41. The number of hydrogen-bond acceptors (Lipinski definition) is 3. The molecule has 1 heterocycles. The van der Waals surface area contributed by atoms with E-state index in [0.717, 1.165) is 6.20 Å². The standard InChI is InChI=1S/C10H8F3NO2/c11-10(12,13)9(15)5-6-14-7-3-1-2-4-8(7)16-9/h1-6,14-15H. The quantitative estimate of drug-likeness (QED) is 0.719. The predicted molar refractivity (Wildman–Crippen MR) is 50.8 cm³/mol. The smallest absolute Gasteiger partial charge is 0.448 e. The first kappa shape index (κ1) is 10.8. The Kier molecular flexibility index (Phi) is 2.31. The zero-order valence-electron chi connectivity index (χ0n) is 7.95. The maximum atomic E-state index is 12.5. The summed E-state index contributed by atoms with van der Waals surface area (Å²) in [6.07, 6.45) is -3.38. The Balaban J connectivity index is 2.43. The van der Waals surface area contributed by atoms with Crippen LogP contribution < -0.4 is 10.1 Å². The number of fused-ring (bicyclic) bond motifs is 1. The Labute approximate surface area is 89.1 Å². The minimum Gasteiger partial charge on any atom is -0.448 e. The molecule has 2 rings (SSSR count). The molecule has 1 aromatic rings. The van der Waals surface area contributed by atoms with Crippen LogP contribution in [0, 0.1) is 0 Å². The molecule has 1 aliphatic heterocycles. The van der Waals surface area contributed by atoms with Gasteiger partial charge in [0.1, 0.15) is 5.75 Å². The number of nitrogens with one attached hydrogen (secondary N) is 1. The van der Waals surface area contributed by atoms with E-state index >= 15 is 0 Å². The van der Waals surface area contributed by atoms with Gasteiger partial charge >= 0.3 is 12.0 Å². The van der Waals surface area contributed by atoms with Crippen molar-refractivity contribution >= 4 is 5.69 Å². The minimum absolute atomic E-state index is 0.0627. The van der Waals surface area contributed by atoms with Crippen molar-refractivity contribution in [3.05, 3.63) is 36.5 Å². The summed E-state index contributed by atoms with van der Waals surface area (Å²) < 4.78 is 42.2. The first-order valence-corrected chi connectivity index (χ1v) is 4.44. The number of anilines is 1. The molecule has 0 bridgehead atoms. The molecule has 2 N–H and O–H groups in total. The van der Waals surface area contributed by atoms with Crippen LogP contribution in [0.3, 0.4) is 0 Å². The van der Waals surface area contributed by atoms with Crippen molar-refractivity contribution in [1.29, 1.82) is 0 Å². The highest BCUT2D eigenvalue weighted by molar-refractivity contribution is 5.59. The van der Waals surface area contributed by atoms with Crippen LogP contribution >= 0.6 is 0 Å². The molecule has 0 spiro atoms. The van der Waals surface area contributed by atoms with Gasteiger partial charge < -0.3 is 15.2 Å². The van der Waals surface area contributed by atoms with Gasteiger partial charge in [0.25, 0.3) is 0 Å². The van der Waals surface area contributed by atoms with Crippen molar-refractivity contribution < 1.29 is 23.0 Å². The van der Waals surface area contributed by atoms with Crippen LogP contribution in [0.2, 0.25) is 0 Å². The number of alkyl halides is 3. The normalized spacial score (nSPS) is 24.0. The lowest BCUT2D eigenvalue weighted by Crippen LogP contribution is -2.48. The predicted octanol–water partition coefficient (Wildman–Crippen LogP) is 2.26. The van der Waals surface area contributed by atoms with Gasteiger partial charge in [0, 0.05) is 12.3 Å². The largest absolute Gasteiger partial charge is 0.459 e. The van der Waals surface area contributed by atoms with Crippen molar-refractivity contribution in [1.82, 2.24) is 0 Å². The second-order valence-electron chi connectivity index (χ2n) is 3.27. The van der Waals surface area contributed by atoms with Crippen LogP contribution in [0.25, 0.3) is 0 Å². The zero-order chi connectivity index (χ0) is 11.8. The highest BCUT2D eigenvalue weighted by Gasteiger charge is 2.55. The Hall–Kier alpha value is -1.69. The van der Waals surface area contributed by atoms with Gasteiger partial charge in [-0.25, -0.2) is 0 Å². The summed E-state index contributed by atoms with van der Waals surface area (Å²) in [5.41, 5.74) is 0.360. The van der Waals surface area contributed by atoms with Crippen molar-refractivity contribution in [2.75, 3.05) is 5.32 Å². The van der Waals surface area contributed by atoms with Gasteiger partial charge in [-0.05, 0) is 12.1 Å². The van der Waals surface area contributed by atoms with Crippen molar-refractivity contribution in [2.45, 2.75) is 12.0 Å². The van der Waals surface area contributed by atoms with E-state index in [0.29, 0.717) is 11.8 Å². The van der Waals surface area contributed by atoms with E-state index in [1.807, 2.05) is 0 Å². The van der Waals surface area contributed by atoms with E-state index in [-0.39, 0.29) is 5.75 Å². The molecule has 1 unspecified atom stereocenters. The highest BCUT2D eigenvalue weighted by atomic mass is 19.4. The highest BCUT2D eigenvalue weighted by Crippen LogP contribution is 2.38. The number of hydrogen-bond donors (Lipinski definition) is 2. The van der Waals surface area contributed by atoms with E-state index in [2.05, 4.69) is 10.1 Å². The summed E-state index contributed by atoms with van der Waals surface area (Å²) in [6, 6.07) is 6.04. The monoisotopic (exact) mass is 231 g/mol. The summed E-state index contributed by atoms with van der Waals surface area (Å²) in [5, 5.41) is 11.9. The molecule has 0 aromatic heterocycles. The molecule has 1 aliphatic rings. The minimum atomic E-state index is -4.90. The first-order chi connectivity index (χ1) is 7.42. The summed E-state index contributed by atoms with van der Waals surface area (Å²) >= 11 is 0. The molecular weight excluding hydrogens is 223 g/mol. The molecule has 86 valence electrons. The lowest BCUT2D eigenvalue weighted by molar-refractivity contribution is -0.310. The zero-order valence-corrected chi connectivity index (χ0v) is 7.95. The number of halogens is 3. The van der Waals surface area contributed by atoms with Gasteiger partial charge in [0.05, 0.1) is 5.69 Å². The molecule has 1 atom stereocenters. The third kappa shape index (κ3) is 1.71. The van der Waals surface area contributed by atoms with E-state index in [9.17, 15) is 18.3 Å². The summed E-state index contributed by atoms with van der Waals surface area (Å²) in [4.78, 5) is 0. The number of para-hydroxylation sites is 2. The van der Waals surface area contributed by atoms with Crippen molar-refractivity contribution in [3.8, 4) is 5.75 Å². The number of rotatable bonds is 0. The number of benzene rings is 1. The second-order valence-corrected chi connectivity index (χ2v) is 3.27. The Bertz CT molecular complexity index is 430. The fourth-order valence-electron chi connectivity index (χ4n) is 1.27. The molecule has 0 fully saturated rings. The van der Waals surface area contributed by atoms with Gasteiger partial charge in [-0.2, -0.15) is 13.2 Å². The van der Waals surface area contributed by atoms with Gasteiger partial charge in [-0.1, -0.05) is 12.1 Å². The van der Waals surface area contributed by atoms with Crippen molar-refractivity contribution in [2.24, 2.45) is 0 Å². The fraction of sp³-hybridized carbons (Fsp3) is 0.200. The number of aliphatic hydroxyl groups is 1. The molecule has 0 amide bonds. The Morgan fingerprint density at radius 1 is 1.25 bits per heavy atom. The average Bonchev–Trinajstić information content (AvgIpc) is 2.35. The Morgan fingerprint density at radius 2 is 1.94 bits per heavy atom. The molecule has 1 aromatic carbocycles. The SMILES string of the molecule is OC1(C(F)(F)F)C=CNc2ccccc2O1. The third-order valence-corrected chi connectivity index (χ3v) is 2.11. The van der Waals surface area contributed by atoms with Crippen LogP contribution in [-0.4, -0.2) is 17.1 Å². The summed E-state index contributed by atoms with van der Waals surface area (Å²) in [5.74, 6) is -3.36. The van der Waals surface area contributed by atoms with E-state index in [4.69, 9.17) is 0 Å². The molecule has 3 nitrogen and oxygen atoms in total. The molecule has 0 radical (unpaired) electrons. The first-order valence-electron chi connectivity index (χ1n) is 4.44. The lowest BCUT2D eigenvalue weighted by Gasteiger charge is -2.26. The van der Waals surface area contributed by atoms with E-state index in [1.54, 1.807) is 12.1 Å². The molecule has 0 saturated carbocycles. The van der Waals surface area contributed by atoms with Crippen molar-refractivity contribution in [3.63, 3.8) is 0 Å².